The van der Waals surface area contributed by atoms with Crippen molar-refractivity contribution in [3.8, 4) is 5.69 Å². The van der Waals surface area contributed by atoms with Gasteiger partial charge < -0.3 is 15.2 Å². The molecule has 6 heteroatoms. The zero-order chi connectivity index (χ0) is 14.8. The average Bonchev–Trinajstić information content (AvgIpc) is 3.12. The van der Waals surface area contributed by atoms with Gasteiger partial charge >= 0.3 is 0 Å². The van der Waals surface area contributed by atoms with Gasteiger partial charge in [0, 0.05) is 24.5 Å². The van der Waals surface area contributed by atoms with Crippen LogP contribution in [0, 0.1) is 5.82 Å². The fourth-order valence-corrected chi connectivity index (χ4v) is 2.32. The summed E-state index contributed by atoms with van der Waals surface area (Å²) in [7, 11) is 0. The predicted molar refractivity (Wildman–Crippen MR) is 75.5 cm³/mol. The highest BCUT2D eigenvalue weighted by Gasteiger charge is 2.27. The van der Waals surface area contributed by atoms with Crippen LogP contribution < -0.4 is 10.6 Å². The Morgan fingerprint density at radius 3 is 2.76 bits per heavy atom. The van der Waals surface area contributed by atoms with Crippen molar-refractivity contribution in [3.05, 3.63) is 48.5 Å². The molecule has 1 unspecified atom stereocenters. The van der Waals surface area contributed by atoms with Crippen LogP contribution in [0.25, 0.3) is 5.69 Å². The fourth-order valence-electron chi connectivity index (χ4n) is 2.32. The number of halogens is 1. The monoisotopic (exact) mass is 287 g/mol. The molecule has 0 aliphatic carbocycles. The van der Waals surface area contributed by atoms with E-state index in [2.05, 4.69) is 10.6 Å². The van der Waals surface area contributed by atoms with E-state index >= 15 is 0 Å². The van der Waals surface area contributed by atoms with E-state index in [0.29, 0.717) is 24.2 Å². The third-order valence-electron chi connectivity index (χ3n) is 3.41. The van der Waals surface area contributed by atoms with Gasteiger partial charge in [-0.25, -0.2) is 4.39 Å². The maximum atomic E-state index is 13.8. The number of nitrogens with one attached hydrogen (secondary N) is 2. The summed E-state index contributed by atoms with van der Waals surface area (Å²) < 4.78 is 15.5. The molecule has 1 aliphatic rings. The highest BCUT2D eigenvalue weighted by Crippen LogP contribution is 2.20. The fraction of sp³-hybridized carbons (Fsp3) is 0.200. The molecule has 1 aliphatic heterocycles. The second-order valence-electron chi connectivity index (χ2n) is 4.90. The Balaban J connectivity index is 1.79. The Labute approximate surface area is 120 Å². The highest BCUT2D eigenvalue weighted by molar-refractivity contribution is 5.99. The zero-order valence-electron chi connectivity index (χ0n) is 11.2. The van der Waals surface area contributed by atoms with Crippen LogP contribution in [0.3, 0.4) is 0 Å². The van der Waals surface area contributed by atoms with Crippen molar-refractivity contribution in [1.82, 2.24) is 9.88 Å². The number of hydrogen-bond acceptors (Lipinski definition) is 2. The number of benzene rings is 1. The first-order valence-corrected chi connectivity index (χ1v) is 6.66. The zero-order valence-corrected chi connectivity index (χ0v) is 11.2. The first-order chi connectivity index (χ1) is 10.1. The van der Waals surface area contributed by atoms with Gasteiger partial charge in [0.05, 0.1) is 5.69 Å². The average molecular weight is 287 g/mol. The van der Waals surface area contributed by atoms with E-state index in [-0.39, 0.29) is 17.6 Å². The lowest BCUT2D eigenvalue weighted by atomic mass is 10.2. The van der Waals surface area contributed by atoms with Crippen molar-refractivity contribution in [2.24, 2.45) is 0 Å². The molecule has 108 valence electrons. The van der Waals surface area contributed by atoms with Crippen molar-refractivity contribution < 1.29 is 14.0 Å². The smallest absolute Gasteiger partial charge is 0.246 e. The van der Waals surface area contributed by atoms with Gasteiger partial charge in [0.2, 0.25) is 11.8 Å². The van der Waals surface area contributed by atoms with E-state index in [9.17, 15) is 14.0 Å². The maximum Gasteiger partial charge on any atom is 0.246 e. The summed E-state index contributed by atoms with van der Waals surface area (Å²) in [6.45, 7) is 0. The molecule has 3 rings (SSSR count). The van der Waals surface area contributed by atoms with Gasteiger partial charge in [0.15, 0.2) is 0 Å². The van der Waals surface area contributed by atoms with Gasteiger partial charge in [-0.2, -0.15) is 0 Å². The molecule has 1 atom stereocenters. The Kier molecular flexibility index (Phi) is 3.43. The molecule has 2 amide bonds. The molecular formula is C15H14FN3O2. The van der Waals surface area contributed by atoms with E-state index < -0.39 is 6.04 Å². The van der Waals surface area contributed by atoms with E-state index in [1.165, 1.54) is 12.1 Å². The molecule has 2 aromatic rings. The molecule has 1 aromatic carbocycles. The summed E-state index contributed by atoms with van der Waals surface area (Å²) in [6, 6.07) is 7.43. The lowest BCUT2D eigenvalue weighted by Gasteiger charge is -2.12. The molecule has 5 nitrogen and oxygen atoms in total. The lowest BCUT2D eigenvalue weighted by molar-refractivity contribution is -0.122. The van der Waals surface area contributed by atoms with E-state index in [4.69, 9.17) is 0 Å². The van der Waals surface area contributed by atoms with E-state index in [1.807, 2.05) is 0 Å². The van der Waals surface area contributed by atoms with E-state index in [1.54, 1.807) is 35.2 Å². The molecule has 2 heterocycles. The van der Waals surface area contributed by atoms with Gasteiger partial charge in [-0.05, 0) is 36.8 Å². The third kappa shape index (κ3) is 2.79. The first-order valence-electron chi connectivity index (χ1n) is 6.66. The van der Waals surface area contributed by atoms with Crippen LogP contribution in [-0.4, -0.2) is 22.4 Å². The second-order valence-corrected chi connectivity index (χ2v) is 4.90. The van der Waals surface area contributed by atoms with Crippen LogP contribution in [0.4, 0.5) is 10.1 Å². The Morgan fingerprint density at radius 2 is 2.10 bits per heavy atom. The molecule has 1 fully saturated rings. The third-order valence-corrected chi connectivity index (χ3v) is 3.41. The summed E-state index contributed by atoms with van der Waals surface area (Å²) in [5, 5.41) is 5.30. The number of nitrogens with zero attached hydrogens (tertiary/aromatic N) is 1. The van der Waals surface area contributed by atoms with Crippen LogP contribution in [0.15, 0.2) is 42.7 Å². The topological polar surface area (TPSA) is 63.1 Å². The standard InChI is InChI=1S/C15H14FN3O2/c16-11-4-3-10(9-13(11)19-7-1-2-8-19)17-15(21)12-5-6-14(20)18-12/h1-4,7-9,12H,5-6H2,(H,17,21)(H,18,20). The van der Waals surface area contributed by atoms with Gasteiger partial charge in [-0.1, -0.05) is 0 Å². The Morgan fingerprint density at radius 1 is 1.33 bits per heavy atom. The molecule has 21 heavy (non-hydrogen) atoms. The summed E-state index contributed by atoms with van der Waals surface area (Å²) in [6.07, 6.45) is 4.29. The predicted octanol–water partition coefficient (Wildman–Crippen LogP) is 1.83. The maximum absolute atomic E-state index is 13.8. The SMILES string of the molecule is O=C1CCC(C(=O)Nc2ccc(F)c(-n3cccc3)c2)N1. The molecule has 0 spiro atoms. The first kappa shape index (κ1) is 13.4. The highest BCUT2D eigenvalue weighted by atomic mass is 19.1. The number of carbonyl (C=O) groups excluding carboxylic acids is 2. The Bertz CT molecular complexity index is 682. The number of carbonyl (C=O) groups is 2. The summed E-state index contributed by atoms with van der Waals surface area (Å²) in [5.74, 6) is -0.786. The Hall–Kier alpha value is -2.63. The molecule has 1 saturated heterocycles. The quantitative estimate of drug-likeness (QED) is 0.904. The van der Waals surface area contributed by atoms with Gasteiger partial charge in [0.1, 0.15) is 11.9 Å². The summed E-state index contributed by atoms with van der Waals surface area (Å²) in [4.78, 5) is 23.1. The lowest BCUT2D eigenvalue weighted by Crippen LogP contribution is -2.37. The number of amides is 2. The number of rotatable bonds is 3. The number of hydrogen-bond donors (Lipinski definition) is 2. The molecule has 0 radical (unpaired) electrons. The molecule has 0 saturated carbocycles. The van der Waals surface area contributed by atoms with Crippen LogP contribution in [0.2, 0.25) is 0 Å². The van der Waals surface area contributed by atoms with Crippen LogP contribution in [-0.2, 0) is 9.59 Å². The van der Waals surface area contributed by atoms with Crippen LogP contribution >= 0.6 is 0 Å². The molecular weight excluding hydrogens is 273 g/mol. The summed E-state index contributed by atoms with van der Waals surface area (Å²) >= 11 is 0. The van der Waals surface area contributed by atoms with Gasteiger partial charge in [-0.3, -0.25) is 9.59 Å². The van der Waals surface area contributed by atoms with Crippen molar-refractivity contribution in [3.63, 3.8) is 0 Å². The molecule has 0 bridgehead atoms. The van der Waals surface area contributed by atoms with Gasteiger partial charge in [-0.15, -0.1) is 0 Å². The number of anilines is 1. The van der Waals surface area contributed by atoms with Crippen molar-refractivity contribution in [1.29, 1.82) is 0 Å². The van der Waals surface area contributed by atoms with Crippen LogP contribution in [0.5, 0.6) is 0 Å². The van der Waals surface area contributed by atoms with Crippen molar-refractivity contribution in [2.45, 2.75) is 18.9 Å². The number of aromatic nitrogens is 1. The normalized spacial score (nSPS) is 17.6. The largest absolute Gasteiger partial charge is 0.344 e. The van der Waals surface area contributed by atoms with E-state index in [0.717, 1.165) is 0 Å². The van der Waals surface area contributed by atoms with Gasteiger partial charge in [0.25, 0.3) is 0 Å². The van der Waals surface area contributed by atoms with Crippen LogP contribution in [0.1, 0.15) is 12.8 Å². The van der Waals surface area contributed by atoms with Crippen molar-refractivity contribution >= 4 is 17.5 Å². The second kappa shape index (κ2) is 5.40. The molecule has 2 N–H and O–H groups in total. The molecule has 1 aromatic heterocycles. The van der Waals surface area contributed by atoms with Crippen molar-refractivity contribution in [2.75, 3.05) is 5.32 Å². The minimum Gasteiger partial charge on any atom is -0.344 e. The minimum atomic E-state index is -0.516. The summed E-state index contributed by atoms with van der Waals surface area (Å²) in [5.41, 5.74) is 0.847. The minimum absolute atomic E-state index is 0.123.